The number of thioether (sulfide) groups is 1. The number of hydrogen-bond donors (Lipinski definition) is 1. The summed E-state index contributed by atoms with van der Waals surface area (Å²) in [6.45, 7) is 0.658. The van der Waals surface area contributed by atoms with E-state index in [-0.39, 0.29) is 5.97 Å². The van der Waals surface area contributed by atoms with Gasteiger partial charge in [-0.2, -0.15) is 11.8 Å². The van der Waals surface area contributed by atoms with E-state index in [9.17, 15) is 4.79 Å². The van der Waals surface area contributed by atoms with Crippen molar-refractivity contribution in [1.29, 1.82) is 0 Å². The molecule has 82 valence electrons. The smallest absolute Gasteiger partial charge is 0.338 e. The van der Waals surface area contributed by atoms with Crippen molar-refractivity contribution in [1.82, 2.24) is 0 Å². The highest BCUT2D eigenvalue weighted by atomic mass is 32.2. The van der Waals surface area contributed by atoms with Gasteiger partial charge >= 0.3 is 5.97 Å². The van der Waals surface area contributed by atoms with Crippen LogP contribution in [0.2, 0.25) is 0 Å². The Balaban J connectivity index is 2.73. The third kappa shape index (κ3) is 3.57. The summed E-state index contributed by atoms with van der Waals surface area (Å²) in [6.07, 6.45) is 0. The van der Waals surface area contributed by atoms with Gasteiger partial charge in [-0.1, -0.05) is 18.2 Å². The van der Waals surface area contributed by atoms with E-state index in [1.807, 2.05) is 18.2 Å². The molecule has 0 aliphatic heterocycles. The lowest BCUT2D eigenvalue weighted by Gasteiger charge is -2.06. The van der Waals surface area contributed by atoms with Crippen LogP contribution < -0.4 is 5.73 Å². The van der Waals surface area contributed by atoms with Crippen molar-refractivity contribution in [3.8, 4) is 0 Å². The zero-order valence-corrected chi connectivity index (χ0v) is 9.55. The van der Waals surface area contributed by atoms with Gasteiger partial charge in [-0.25, -0.2) is 4.79 Å². The molecule has 0 aromatic heterocycles. The first-order chi connectivity index (χ1) is 7.29. The van der Waals surface area contributed by atoms with Gasteiger partial charge in [0.15, 0.2) is 0 Å². The lowest BCUT2D eigenvalue weighted by molar-refractivity contribution is 0.0600. The minimum Gasteiger partial charge on any atom is -0.465 e. The van der Waals surface area contributed by atoms with Crippen LogP contribution in [0.25, 0.3) is 0 Å². The van der Waals surface area contributed by atoms with Crippen LogP contribution >= 0.6 is 11.8 Å². The Labute approximate surface area is 94.0 Å². The molecule has 0 aliphatic carbocycles. The Morgan fingerprint density at radius 1 is 1.47 bits per heavy atom. The average Bonchev–Trinajstić information content (AvgIpc) is 2.29. The highest BCUT2D eigenvalue weighted by molar-refractivity contribution is 7.98. The molecule has 0 spiro atoms. The molecule has 0 radical (unpaired) electrons. The van der Waals surface area contributed by atoms with Crippen LogP contribution in [0.3, 0.4) is 0 Å². The van der Waals surface area contributed by atoms with Crippen molar-refractivity contribution >= 4 is 17.7 Å². The van der Waals surface area contributed by atoms with Crippen LogP contribution in [0.1, 0.15) is 15.9 Å². The summed E-state index contributed by atoms with van der Waals surface area (Å²) >= 11 is 1.72. The predicted molar refractivity (Wildman–Crippen MR) is 63.0 cm³/mol. The molecular weight excluding hydrogens is 210 g/mol. The first kappa shape index (κ1) is 12.1. The molecule has 0 bridgehead atoms. The molecule has 1 aromatic rings. The molecular formula is C11H15NO2S. The third-order valence-corrected chi connectivity index (χ3v) is 2.98. The Bertz CT molecular complexity index is 328. The number of nitrogens with two attached hydrogens (primary N) is 1. The van der Waals surface area contributed by atoms with Crippen molar-refractivity contribution < 1.29 is 9.53 Å². The first-order valence-electron chi connectivity index (χ1n) is 4.73. The van der Waals surface area contributed by atoms with Gasteiger partial charge in [0.2, 0.25) is 0 Å². The highest BCUT2D eigenvalue weighted by Gasteiger charge is 2.09. The molecule has 3 nitrogen and oxygen atoms in total. The van der Waals surface area contributed by atoms with Crippen molar-refractivity contribution in [3.63, 3.8) is 0 Å². The quantitative estimate of drug-likeness (QED) is 0.611. The molecule has 0 amide bonds. The normalized spacial score (nSPS) is 10.0. The molecule has 0 unspecified atom stereocenters. The van der Waals surface area contributed by atoms with Gasteiger partial charge in [-0.3, -0.25) is 0 Å². The second kappa shape index (κ2) is 6.48. The molecule has 0 heterocycles. The maximum Gasteiger partial charge on any atom is 0.338 e. The zero-order chi connectivity index (χ0) is 11.1. The third-order valence-electron chi connectivity index (χ3n) is 1.94. The van der Waals surface area contributed by atoms with Gasteiger partial charge in [0, 0.05) is 18.1 Å². The van der Waals surface area contributed by atoms with Crippen molar-refractivity contribution in [2.45, 2.75) is 5.75 Å². The number of ether oxygens (including phenoxy) is 1. The van der Waals surface area contributed by atoms with E-state index in [4.69, 9.17) is 10.5 Å². The van der Waals surface area contributed by atoms with Gasteiger partial charge in [0.1, 0.15) is 0 Å². The van der Waals surface area contributed by atoms with Crippen LogP contribution in [-0.4, -0.2) is 25.4 Å². The van der Waals surface area contributed by atoms with Crippen molar-refractivity contribution in [2.24, 2.45) is 5.73 Å². The van der Waals surface area contributed by atoms with Gasteiger partial charge in [0.05, 0.1) is 12.7 Å². The lowest BCUT2D eigenvalue weighted by Crippen LogP contribution is -2.06. The molecule has 0 atom stereocenters. The van der Waals surface area contributed by atoms with Crippen molar-refractivity contribution in [3.05, 3.63) is 35.4 Å². The summed E-state index contributed by atoms with van der Waals surface area (Å²) in [5.74, 6) is 1.41. The number of benzene rings is 1. The number of hydrogen-bond acceptors (Lipinski definition) is 4. The molecule has 15 heavy (non-hydrogen) atoms. The first-order valence-corrected chi connectivity index (χ1v) is 5.89. The minimum atomic E-state index is -0.279. The van der Waals surface area contributed by atoms with E-state index in [1.165, 1.54) is 7.11 Å². The van der Waals surface area contributed by atoms with E-state index in [1.54, 1.807) is 17.8 Å². The molecule has 0 fully saturated rings. The van der Waals surface area contributed by atoms with Crippen LogP contribution in [0.4, 0.5) is 0 Å². The average molecular weight is 225 g/mol. The molecule has 2 N–H and O–H groups in total. The van der Waals surface area contributed by atoms with E-state index in [2.05, 4.69) is 0 Å². The standard InChI is InChI=1S/C11H15NO2S/c1-14-11(13)10-5-3-2-4-9(10)8-15-7-6-12/h2-5H,6-8,12H2,1H3. The second-order valence-corrected chi connectivity index (χ2v) is 4.10. The zero-order valence-electron chi connectivity index (χ0n) is 8.73. The lowest BCUT2D eigenvalue weighted by atomic mass is 10.1. The fourth-order valence-electron chi connectivity index (χ4n) is 1.22. The summed E-state index contributed by atoms with van der Waals surface area (Å²) in [5, 5.41) is 0. The molecule has 0 saturated heterocycles. The van der Waals surface area contributed by atoms with Crippen LogP contribution in [0, 0.1) is 0 Å². The maximum absolute atomic E-state index is 11.4. The van der Waals surface area contributed by atoms with E-state index < -0.39 is 0 Å². The van der Waals surface area contributed by atoms with Gasteiger partial charge < -0.3 is 10.5 Å². The van der Waals surface area contributed by atoms with Crippen molar-refractivity contribution in [2.75, 3.05) is 19.4 Å². The number of carbonyl (C=O) groups excluding carboxylic acids is 1. The second-order valence-electron chi connectivity index (χ2n) is 2.99. The Morgan fingerprint density at radius 3 is 2.87 bits per heavy atom. The Kier molecular flexibility index (Phi) is 5.21. The van der Waals surface area contributed by atoms with Gasteiger partial charge in [0.25, 0.3) is 0 Å². The predicted octanol–water partition coefficient (Wildman–Crippen LogP) is 1.67. The summed E-state index contributed by atoms with van der Waals surface area (Å²) in [7, 11) is 1.39. The summed E-state index contributed by atoms with van der Waals surface area (Å²) in [4.78, 5) is 11.4. The molecule has 4 heteroatoms. The monoisotopic (exact) mass is 225 g/mol. The summed E-state index contributed by atoms with van der Waals surface area (Å²) in [6, 6.07) is 7.48. The van der Waals surface area contributed by atoms with Gasteiger partial charge in [-0.15, -0.1) is 0 Å². The van der Waals surface area contributed by atoms with E-state index in [0.29, 0.717) is 12.1 Å². The fourth-order valence-corrected chi connectivity index (χ4v) is 2.00. The SMILES string of the molecule is COC(=O)c1ccccc1CSCCN. The number of carbonyl (C=O) groups is 1. The number of esters is 1. The van der Waals surface area contributed by atoms with Crippen LogP contribution in [0.15, 0.2) is 24.3 Å². The topological polar surface area (TPSA) is 52.3 Å². The minimum absolute atomic E-state index is 0.279. The molecule has 1 aromatic carbocycles. The van der Waals surface area contributed by atoms with E-state index >= 15 is 0 Å². The number of methoxy groups -OCH3 is 1. The molecule has 1 rings (SSSR count). The van der Waals surface area contributed by atoms with Crippen LogP contribution in [-0.2, 0) is 10.5 Å². The van der Waals surface area contributed by atoms with Gasteiger partial charge in [-0.05, 0) is 11.6 Å². The molecule has 0 aliphatic rings. The largest absolute Gasteiger partial charge is 0.465 e. The Hall–Kier alpha value is -1.00. The summed E-state index contributed by atoms with van der Waals surface area (Å²) < 4.78 is 4.71. The molecule has 0 saturated carbocycles. The van der Waals surface area contributed by atoms with Crippen LogP contribution in [0.5, 0.6) is 0 Å². The van der Waals surface area contributed by atoms with E-state index in [0.717, 1.165) is 17.1 Å². The number of rotatable bonds is 5. The fraction of sp³-hybridized carbons (Fsp3) is 0.364. The maximum atomic E-state index is 11.4. The highest BCUT2D eigenvalue weighted by Crippen LogP contribution is 2.16. The summed E-state index contributed by atoms with van der Waals surface area (Å²) in [5.41, 5.74) is 7.05. The Morgan fingerprint density at radius 2 is 2.20 bits per heavy atom.